The van der Waals surface area contributed by atoms with E-state index in [4.69, 9.17) is 4.42 Å². The first-order valence-corrected chi connectivity index (χ1v) is 8.54. The fourth-order valence-corrected chi connectivity index (χ4v) is 2.08. The average Bonchev–Trinajstić information content (AvgIpc) is 3.28. The molecule has 6 heteroatoms. The van der Waals surface area contributed by atoms with Crippen LogP contribution in [0.1, 0.15) is 38.9 Å². The summed E-state index contributed by atoms with van der Waals surface area (Å²) in [6, 6.07) is 4.20. The van der Waals surface area contributed by atoms with E-state index in [0.717, 1.165) is 37.4 Å². The first kappa shape index (κ1) is 17.4. The fourth-order valence-electron chi connectivity index (χ4n) is 2.08. The SMILES string of the molecule is CCC(C)NC(=NCCc1ccco1)NCCNC(=O)C1CC1. The van der Waals surface area contributed by atoms with Gasteiger partial charge in [-0.2, -0.15) is 0 Å². The topological polar surface area (TPSA) is 78.7 Å². The lowest BCUT2D eigenvalue weighted by Gasteiger charge is -2.17. The molecule has 1 fully saturated rings. The highest BCUT2D eigenvalue weighted by atomic mass is 16.3. The van der Waals surface area contributed by atoms with Gasteiger partial charge in [-0.25, -0.2) is 0 Å². The Hall–Kier alpha value is -1.98. The summed E-state index contributed by atoms with van der Waals surface area (Å²) < 4.78 is 5.31. The largest absolute Gasteiger partial charge is 0.469 e. The maximum absolute atomic E-state index is 11.6. The number of nitrogens with zero attached hydrogens (tertiary/aromatic N) is 1. The lowest BCUT2D eigenvalue weighted by atomic mass is 10.3. The molecule has 0 aliphatic heterocycles. The molecule has 0 radical (unpaired) electrons. The van der Waals surface area contributed by atoms with E-state index in [0.29, 0.717) is 25.7 Å². The van der Waals surface area contributed by atoms with Gasteiger partial charge >= 0.3 is 0 Å². The molecule has 6 nitrogen and oxygen atoms in total. The van der Waals surface area contributed by atoms with E-state index in [9.17, 15) is 4.79 Å². The number of carbonyl (C=O) groups excluding carboxylic acids is 1. The number of carbonyl (C=O) groups is 1. The second-order valence-corrected chi connectivity index (χ2v) is 6.01. The first-order chi connectivity index (χ1) is 11.2. The number of nitrogens with one attached hydrogen (secondary N) is 3. The minimum atomic E-state index is 0.179. The van der Waals surface area contributed by atoms with Gasteiger partial charge < -0.3 is 20.4 Å². The zero-order valence-corrected chi connectivity index (χ0v) is 14.1. The maximum Gasteiger partial charge on any atom is 0.223 e. The maximum atomic E-state index is 11.6. The Morgan fingerprint density at radius 2 is 2.17 bits per heavy atom. The van der Waals surface area contributed by atoms with Crippen molar-refractivity contribution in [2.75, 3.05) is 19.6 Å². The van der Waals surface area contributed by atoms with E-state index in [1.54, 1.807) is 6.26 Å². The van der Waals surface area contributed by atoms with Crippen LogP contribution in [0.25, 0.3) is 0 Å². The van der Waals surface area contributed by atoms with Gasteiger partial charge in [0.2, 0.25) is 5.91 Å². The second kappa shape index (κ2) is 9.22. The molecule has 0 bridgehead atoms. The van der Waals surface area contributed by atoms with Gasteiger partial charge in [0.1, 0.15) is 5.76 Å². The predicted molar refractivity (Wildman–Crippen MR) is 91.3 cm³/mol. The molecule has 1 aromatic rings. The van der Waals surface area contributed by atoms with Gasteiger partial charge in [-0.05, 0) is 38.3 Å². The molecule has 1 saturated carbocycles. The number of aliphatic imine (C=N–C) groups is 1. The smallest absolute Gasteiger partial charge is 0.223 e. The van der Waals surface area contributed by atoms with E-state index in [1.807, 2.05) is 12.1 Å². The van der Waals surface area contributed by atoms with Crippen LogP contribution in [0.15, 0.2) is 27.8 Å². The quantitative estimate of drug-likeness (QED) is 0.367. The van der Waals surface area contributed by atoms with Crippen molar-refractivity contribution in [3.05, 3.63) is 24.2 Å². The van der Waals surface area contributed by atoms with Crippen molar-refractivity contribution in [2.45, 2.75) is 45.6 Å². The predicted octanol–water partition coefficient (Wildman–Crippen LogP) is 1.68. The Morgan fingerprint density at radius 1 is 1.39 bits per heavy atom. The summed E-state index contributed by atoms with van der Waals surface area (Å²) in [7, 11) is 0. The van der Waals surface area contributed by atoms with Crippen molar-refractivity contribution in [3.8, 4) is 0 Å². The second-order valence-electron chi connectivity index (χ2n) is 6.01. The Balaban J connectivity index is 1.71. The van der Waals surface area contributed by atoms with Crippen LogP contribution >= 0.6 is 0 Å². The van der Waals surface area contributed by atoms with Gasteiger partial charge in [-0.3, -0.25) is 9.79 Å². The minimum Gasteiger partial charge on any atom is -0.469 e. The van der Waals surface area contributed by atoms with Crippen LogP contribution in [0, 0.1) is 5.92 Å². The van der Waals surface area contributed by atoms with E-state index < -0.39 is 0 Å². The molecule has 0 aromatic carbocycles. The van der Waals surface area contributed by atoms with Crippen molar-refractivity contribution in [2.24, 2.45) is 10.9 Å². The third kappa shape index (κ3) is 6.76. The Labute approximate surface area is 138 Å². The van der Waals surface area contributed by atoms with Crippen molar-refractivity contribution >= 4 is 11.9 Å². The molecule has 0 spiro atoms. The summed E-state index contributed by atoms with van der Waals surface area (Å²) in [5.41, 5.74) is 0. The summed E-state index contributed by atoms with van der Waals surface area (Å²) in [5, 5.41) is 9.59. The fraction of sp³-hybridized carbons (Fsp3) is 0.647. The third-order valence-electron chi connectivity index (χ3n) is 3.87. The third-order valence-corrected chi connectivity index (χ3v) is 3.87. The van der Waals surface area contributed by atoms with Crippen molar-refractivity contribution < 1.29 is 9.21 Å². The molecule has 2 rings (SSSR count). The van der Waals surface area contributed by atoms with E-state index >= 15 is 0 Å². The van der Waals surface area contributed by atoms with Crippen LogP contribution in [0.4, 0.5) is 0 Å². The van der Waals surface area contributed by atoms with Crippen LogP contribution in [0.2, 0.25) is 0 Å². The highest BCUT2D eigenvalue weighted by Crippen LogP contribution is 2.28. The molecular weight excluding hydrogens is 292 g/mol. The molecule has 1 unspecified atom stereocenters. The standard InChI is InChI=1S/C17H28N4O2/c1-3-13(2)21-17(19-9-8-15-5-4-12-23-15)20-11-10-18-16(22)14-6-7-14/h4-5,12-14H,3,6-11H2,1-2H3,(H,18,22)(H2,19,20,21). The lowest BCUT2D eigenvalue weighted by molar-refractivity contribution is -0.122. The van der Waals surface area contributed by atoms with Crippen molar-refractivity contribution in [1.82, 2.24) is 16.0 Å². The van der Waals surface area contributed by atoms with Crippen LogP contribution < -0.4 is 16.0 Å². The number of amides is 1. The van der Waals surface area contributed by atoms with Crippen LogP contribution in [0.5, 0.6) is 0 Å². The monoisotopic (exact) mass is 320 g/mol. The van der Waals surface area contributed by atoms with Crippen molar-refractivity contribution in [3.63, 3.8) is 0 Å². The Bertz CT molecular complexity index is 495. The zero-order valence-electron chi connectivity index (χ0n) is 14.1. The summed E-state index contributed by atoms with van der Waals surface area (Å²) >= 11 is 0. The van der Waals surface area contributed by atoms with Gasteiger partial charge in [0.05, 0.1) is 6.26 Å². The van der Waals surface area contributed by atoms with E-state index in [1.165, 1.54) is 0 Å². The zero-order chi connectivity index (χ0) is 16.5. The molecule has 3 N–H and O–H groups in total. The summed E-state index contributed by atoms with van der Waals surface area (Å²) in [5.74, 6) is 2.16. The molecular formula is C17H28N4O2. The summed E-state index contributed by atoms with van der Waals surface area (Å²) in [6.45, 7) is 6.20. The van der Waals surface area contributed by atoms with Gasteiger partial charge in [-0.1, -0.05) is 6.92 Å². The number of furan rings is 1. The van der Waals surface area contributed by atoms with Gasteiger partial charge in [0, 0.05) is 38.0 Å². The Kier molecular flexibility index (Phi) is 6.97. The molecule has 1 amide bonds. The van der Waals surface area contributed by atoms with Crippen molar-refractivity contribution in [1.29, 1.82) is 0 Å². The Morgan fingerprint density at radius 3 is 2.83 bits per heavy atom. The minimum absolute atomic E-state index is 0.179. The molecule has 1 atom stereocenters. The average molecular weight is 320 g/mol. The molecule has 1 heterocycles. The highest BCUT2D eigenvalue weighted by Gasteiger charge is 2.28. The summed E-state index contributed by atoms with van der Waals surface area (Å²) in [6.07, 6.45) is 5.55. The lowest BCUT2D eigenvalue weighted by Crippen LogP contribution is -2.45. The van der Waals surface area contributed by atoms with E-state index in [2.05, 4.69) is 34.8 Å². The van der Waals surface area contributed by atoms with Gasteiger partial charge in [0.15, 0.2) is 5.96 Å². The molecule has 1 aliphatic carbocycles. The number of rotatable bonds is 9. The molecule has 128 valence electrons. The molecule has 1 aromatic heterocycles. The highest BCUT2D eigenvalue weighted by molar-refractivity contribution is 5.81. The number of hydrogen-bond acceptors (Lipinski definition) is 3. The van der Waals surface area contributed by atoms with Crippen LogP contribution in [-0.2, 0) is 11.2 Å². The van der Waals surface area contributed by atoms with Crippen LogP contribution in [-0.4, -0.2) is 37.5 Å². The van der Waals surface area contributed by atoms with Gasteiger partial charge in [-0.15, -0.1) is 0 Å². The molecule has 0 saturated heterocycles. The normalized spacial score (nSPS) is 16.0. The number of hydrogen-bond donors (Lipinski definition) is 3. The summed E-state index contributed by atoms with van der Waals surface area (Å²) in [4.78, 5) is 16.2. The van der Waals surface area contributed by atoms with E-state index in [-0.39, 0.29) is 11.8 Å². The molecule has 1 aliphatic rings. The first-order valence-electron chi connectivity index (χ1n) is 8.54. The van der Waals surface area contributed by atoms with Gasteiger partial charge in [0.25, 0.3) is 0 Å². The number of guanidine groups is 1. The molecule has 23 heavy (non-hydrogen) atoms. The van der Waals surface area contributed by atoms with Crippen LogP contribution in [0.3, 0.4) is 0 Å².